The molecular formula is C19H24O2. The maximum absolute atomic E-state index is 12.3. The summed E-state index contributed by atoms with van der Waals surface area (Å²) >= 11 is 0. The van der Waals surface area contributed by atoms with Gasteiger partial charge in [-0.25, -0.2) is 0 Å². The number of rotatable bonds is 0. The monoisotopic (exact) mass is 284 g/mol. The first-order valence-electron chi connectivity index (χ1n) is 8.48. The van der Waals surface area contributed by atoms with E-state index in [1.54, 1.807) is 5.57 Å². The standard InChI is InChI=1S/C19H24O2/c1-11-14-7-8-19(2)17(5-6-18(19)21)16(14)9-12-3-4-13(20)10-15(11)12/h10,12,16-17H,3-9H2,1-2H3/t12?,16?,17?,19-/m1/s1. The van der Waals surface area contributed by atoms with Crippen LogP contribution in [0.2, 0.25) is 0 Å². The number of fused-ring (bicyclic) bond motifs is 4. The quantitative estimate of drug-likeness (QED) is 0.673. The fourth-order valence-electron chi connectivity index (χ4n) is 5.65. The highest BCUT2D eigenvalue weighted by Gasteiger charge is 2.54. The fourth-order valence-corrected chi connectivity index (χ4v) is 5.65. The molecular weight excluding hydrogens is 260 g/mol. The highest BCUT2D eigenvalue weighted by atomic mass is 16.1. The first kappa shape index (κ1) is 13.5. The van der Waals surface area contributed by atoms with E-state index in [4.69, 9.17) is 0 Å². The van der Waals surface area contributed by atoms with Crippen LogP contribution in [0.25, 0.3) is 0 Å². The van der Waals surface area contributed by atoms with Gasteiger partial charge < -0.3 is 0 Å². The zero-order chi connectivity index (χ0) is 14.8. The number of carbonyl (C=O) groups excluding carboxylic acids is 2. The highest BCUT2D eigenvalue weighted by Crippen LogP contribution is 2.59. The van der Waals surface area contributed by atoms with Crippen molar-refractivity contribution < 1.29 is 9.59 Å². The molecule has 3 unspecified atom stereocenters. The number of Topliss-reactive ketones (excluding diaryl/α,β-unsaturated/α-hetero) is 1. The molecule has 0 aromatic carbocycles. The normalized spacial score (nSPS) is 42.4. The number of ketones is 2. The first-order valence-corrected chi connectivity index (χ1v) is 8.48. The second-order valence-corrected chi connectivity index (χ2v) is 7.78. The lowest BCUT2D eigenvalue weighted by Gasteiger charge is -2.48. The number of hydrogen-bond donors (Lipinski definition) is 0. The SMILES string of the molecule is CC1=C2CC[C@@]3(C)C(=O)CCC3C2CC2CCC(=O)C=C12. The number of allylic oxidation sites excluding steroid dienone is 4. The average molecular weight is 284 g/mol. The van der Waals surface area contributed by atoms with Crippen LogP contribution in [0.5, 0.6) is 0 Å². The Hall–Kier alpha value is -1.18. The molecule has 0 heterocycles. The summed E-state index contributed by atoms with van der Waals surface area (Å²) < 4.78 is 0. The molecule has 0 aliphatic heterocycles. The molecule has 4 atom stereocenters. The first-order chi connectivity index (χ1) is 10.0. The van der Waals surface area contributed by atoms with Crippen LogP contribution in [-0.4, -0.2) is 11.6 Å². The predicted octanol–water partition coefficient (Wildman–Crippen LogP) is 4.01. The molecule has 0 amide bonds. The summed E-state index contributed by atoms with van der Waals surface area (Å²) in [5, 5.41) is 0. The Morgan fingerprint density at radius 3 is 2.76 bits per heavy atom. The Labute approximate surface area is 126 Å². The van der Waals surface area contributed by atoms with E-state index in [0.717, 1.165) is 32.1 Å². The van der Waals surface area contributed by atoms with Crippen molar-refractivity contribution in [3.05, 3.63) is 22.8 Å². The predicted molar refractivity (Wildman–Crippen MR) is 81.7 cm³/mol. The van der Waals surface area contributed by atoms with Crippen molar-refractivity contribution in [3.63, 3.8) is 0 Å². The van der Waals surface area contributed by atoms with Crippen LogP contribution < -0.4 is 0 Å². The van der Waals surface area contributed by atoms with Gasteiger partial charge in [0.1, 0.15) is 5.78 Å². The highest BCUT2D eigenvalue weighted by molar-refractivity contribution is 5.92. The summed E-state index contributed by atoms with van der Waals surface area (Å²) in [6.45, 7) is 4.44. The molecule has 0 radical (unpaired) electrons. The Morgan fingerprint density at radius 1 is 1.14 bits per heavy atom. The smallest absolute Gasteiger partial charge is 0.156 e. The largest absolute Gasteiger partial charge is 0.299 e. The molecule has 0 saturated heterocycles. The van der Waals surface area contributed by atoms with E-state index in [9.17, 15) is 9.59 Å². The van der Waals surface area contributed by atoms with Crippen molar-refractivity contribution in [3.8, 4) is 0 Å². The van der Waals surface area contributed by atoms with Crippen molar-refractivity contribution in [2.75, 3.05) is 0 Å². The van der Waals surface area contributed by atoms with Gasteiger partial charge in [-0.15, -0.1) is 0 Å². The van der Waals surface area contributed by atoms with Crippen LogP contribution in [-0.2, 0) is 9.59 Å². The van der Waals surface area contributed by atoms with Crippen LogP contribution in [0.3, 0.4) is 0 Å². The lowest BCUT2D eigenvalue weighted by molar-refractivity contribution is -0.128. The van der Waals surface area contributed by atoms with Gasteiger partial charge >= 0.3 is 0 Å². The van der Waals surface area contributed by atoms with E-state index in [2.05, 4.69) is 13.8 Å². The van der Waals surface area contributed by atoms with Gasteiger partial charge in [0.15, 0.2) is 5.78 Å². The zero-order valence-electron chi connectivity index (χ0n) is 13.1. The van der Waals surface area contributed by atoms with Gasteiger partial charge in [-0.1, -0.05) is 12.5 Å². The van der Waals surface area contributed by atoms with Crippen LogP contribution >= 0.6 is 0 Å². The second-order valence-electron chi connectivity index (χ2n) is 7.78. The van der Waals surface area contributed by atoms with Crippen molar-refractivity contribution >= 4 is 11.6 Å². The van der Waals surface area contributed by atoms with Crippen LogP contribution in [0.1, 0.15) is 58.8 Å². The van der Waals surface area contributed by atoms with Crippen LogP contribution in [0.15, 0.2) is 22.8 Å². The lowest BCUT2D eigenvalue weighted by Crippen LogP contribution is -2.41. The molecule has 0 bridgehead atoms. The van der Waals surface area contributed by atoms with Crippen LogP contribution in [0, 0.1) is 23.2 Å². The molecule has 4 aliphatic rings. The Bertz CT molecular complexity index is 595. The van der Waals surface area contributed by atoms with Gasteiger partial charge in [-0.3, -0.25) is 9.59 Å². The van der Waals surface area contributed by atoms with Crippen molar-refractivity contribution in [2.24, 2.45) is 23.2 Å². The summed E-state index contributed by atoms with van der Waals surface area (Å²) in [4.78, 5) is 24.1. The van der Waals surface area contributed by atoms with Crippen molar-refractivity contribution in [1.82, 2.24) is 0 Å². The minimum Gasteiger partial charge on any atom is -0.299 e. The van der Waals surface area contributed by atoms with Gasteiger partial charge in [0.05, 0.1) is 0 Å². The fraction of sp³-hybridized carbons (Fsp3) is 0.684. The summed E-state index contributed by atoms with van der Waals surface area (Å²) in [6, 6.07) is 0. The minimum atomic E-state index is -0.0554. The Kier molecular flexibility index (Phi) is 2.83. The van der Waals surface area contributed by atoms with E-state index < -0.39 is 0 Å². The molecule has 2 fully saturated rings. The third-order valence-electron chi connectivity index (χ3n) is 6.93. The Balaban J connectivity index is 1.77. The molecule has 21 heavy (non-hydrogen) atoms. The van der Waals surface area contributed by atoms with E-state index in [1.165, 1.54) is 17.6 Å². The summed E-state index contributed by atoms with van der Waals surface area (Å²) in [7, 11) is 0. The van der Waals surface area contributed by atoms with Gasteiger partial charge in [-0.2, -0.15) is 0 Å². The van der Waals surface area contributed by atoms with Crippen molar-refractivity contribution in [1.29, 1.82) is 0 Å². The number of hydrogen-bond acceptors (Lipinski definition) is 2. The summed E-state index contributed by atoms with van der Waals surface area (Å²) in [6.07, 6.45) is 8.78. The lowest BCUT2D eigenvalue weighted by atomic mass is 9.56. The third kappa shape index (κ3) is 1.77. The maximum Gasteiger partial charge on any atom is 0.156 e. The minimum absolute atomic E-state index is 0.0554. The second kappa shape index (κ2) is 4.41. The van der Waals surface area contributed by atoms with E-state index in [-0.39, 0.29) is 5.41 Å². The summed E-state index contributed by atoms with van der Waals surface area (Å²) in [5.74, 6) is 2.53. The third-order valence-corrected chi connectivity index (χ3v) is 6.93. The Morgan fingerprint density at radius 2 is 1.95 bits per heavy atom. The van der Waals surface area contributed by atoms with Gasteiger partial charge in [-0.05, 0) is 74.0 Å². The average Bonchev–Trinajstić information content (AvgIpc) is 2.76. The van der Waals surface area contributed by atoms with Gasteiger partial charge in [0.25, 0.3) is 0 Å². The molecule has 2 nitrogen and oxygen atoms in total. The molecule has 4 rings (SSSR count). The topological polar surface area (TPSA) is 34.1 Å². The molecule has 112 valence electrons. The molecule has 0 aromatic rings. The molecule has 2 saturated carbocycles. The van der Waals surface area contributed by atoms with E-state index >= 15 is 0 Å². The van der Waals surface area contributed by atoms with Gasteiger partial charge in [0.2, 0.25) is 0 Å². The van der Waals surface area contributed by atoms with Crippen LogP contribution in [0.4, 0.5) is 0 Å². The molecule has 0 N–H and O–H groups in total. The summed E-state index contributed by atoms with van der Waals surface area (Å²) in [5.41, 5.74) is 4.24. The van der Waals surface area contributed by atoms with Crippen molar-refractivity contribution in [2.45, 2.75) is 58.8 Å². The maximum atomic E-state index is 12.3. The molecule has 0 aromatic heterocycles. The van der Waals surface area contributed by atoms with E-state index in [1.807, 2.05) is 6.08 Å². The van der Waals surface area contributed by atoms with Gasteiger partial charge in [0, 0.05) is 18.3 Å². The molecule has 2 heteroatoms. The van der Waals surface area contributed by atoms with E-state index in [0.29, 0.717) is 35.7 Å². The zero-order valence-corrected chi connectivity index (χ0v) is 13.1. The number of carbonyl (C=O) groups is 2. The molecule has 4 aliphatic carbocycles. The molecule has 0 spiro atoms.